The van der Waals surface area contributed by atoms with Crippen LogP contribution in [0.3, 0.4) is 0 Å². The molecule has 0 spiro atoms. The van der Waals surface area contributed by atoms with E-state index in [1.807, 2.05) is 0 Å². The summed E-state index contributed by atoms with van der Waals surface area (Å²) in [6.45, 7) is 8.70. The minimum absolute atomic E-state index is 0.279. The third-order valence-electron chi connectivity index (χ3n) is 2.27. The summed E-state index contributed by atoms with van der Waals surface area (Å²) in [4.78, 5) is 2.32. The van der Waals surface area contributed by atoms with Crippen LogP contribution < -0.4 is 0 Å². The van der Waals surface area contributed by atoms with E-state index >= 15 is 0 Å². The summed E-state index contributed by atoms with van der Waals surface area (Å²) in [6, 6.07) is 0. The number of hydrogen-bond acceptors (Lipinski definition) is 1. The molecule has 11 heavy (non-hydrogen) atoms. The van der Waals surface area contributed by atoms with Gasteiger partial charge >= 0.3 is 0 Å². The Morgan fingerprint density at radius 3 is 2.00 bits per heavy atom. The van der Waals surface area contributed by atoms with Crippen molar-refractivity contribution in [3.63, 3.8) is 0 Å². The smallest absolute Gasteiger partial charge is 0.0846 e. The van der Waals surface area contributed by atoms with Crippen LogP contribution in [0.4, 0.5) is 0 Å². The quantitative estimate of drug-likeness (QED) is 0.363. The fourth-order valence-corrected chi connectivity index (χ4v) is 2.00. The van der Waals surface area contributed by atoms with E-state index in [2.05, 4.69) is 25.7 Å². The van der Waals surface area contributed by atoms with Gasteiger partial charge in [0.2, 0.25) is 0 Å². The SMILES string of the molecule is CCC([SiH3])C(Cl)N(CC)CC. The van der Waals surface area contributed by atoms with Gasteiger partial charge in [-0.15, -0.1) is 11.6 Å². The minimum atomic E-state index is 0.279. The van der Waals surface area contributed by atoms with Gasteiger partial charge < -0.3 is 0 Å². The van der Waals surface area contributed by atoms with Crippen molar-refractivity contribution < 1.29 is 0 Å². The van der Waals surface area contributed by atoms with E-state index in [1.165, 1.54) is 16.7 Å². The molecule has 0 aliphatic rings. The Morgan fingerprint density at radius 2 is 1.73 bits per heavy atom. The van der Waals surface area contributed by atoms with Crippen LogP contribution in [0.25, 0.3) is 0 Å². The predicted molar refractivity (Wildman–Crippen MR) is 56.5 cm³/mol. The van der Waals surface area contributed by atoms with Gasteiger partial charge in [0.25, 0.3) is 0 Å². The van der Waals surface area contributed by atoms with Crippen LogP contribution in [0, 0.1) is 0 Å². The topological polar surface area (TPSA) is 3.24 Å². The highest BCUT2D eigenvalue weighted by molar-refractivity contribution is 6.26. The monoisotopic (exact) mass is 193 g/mol. The summed E-state index contributed by atoms with van der Waals surface area (Å²) in [5, 5.41) is 0. The molecular formula is C8H20ClNSi. The molecule has 0 aromatic carbocycles. The second-order valence-corrected chi connectivity index (χ2v) is 4.91. The van der Waals surface area contributed by atoms with Gasteiger partial charge in [-0.1, -0.05) is 27.2 Å². The lowest BCUT2D eigenvalue weighted by atomic mass is 10.3. The first kappa shape index (κ1) is 11.5. The van der Waals surface area contributed by atoms with Gasteiger partial charge in [0.05, 0.1) is 5.50 Å². The summed E-state index contributed by atoms with van der Waals surface area (Å²) in [7, 11) is 1.21. The molecule has 0 amide bonds. The Hall–Kier alpha value is 0.467. The van der Waals surface area contributed by atoms with Gasteiger partial charge in [-0.2, -0.15) is 0 Å². The van der Waals surface area contributed by atoms with Crippen LogP contribution in [0.1, 0.15) is 27.2 Å². The normalized spacial score (nSPS) is 17.2. The fourth-order valence-electron chi connectivity index (χ4n) is 1.13. The van der Waals surface area contributed by atoms with Crippen LogP contribution >= 0.6 is 11.6 Å². The molecule has 0 saturated heterocycles. The molecule has 0 fully saturated rings. The lowest BCUT2D eigenvalue weighted by Gasteiger charge is -2.28. The summed E-state index contributed by atoms with van der Waals surface area (Å²) < 4.78 is 0. The van der Waals surface area contributed by atoms with E-state index in [1.54, 1.807) is 0 Å². The van der Waals surface area contributed by atoms with Crippen LogP contribution in [0.5, 0.6) is 0 Å². The Labute approximate surface area is 78.5 Å². The average molecular weight is 194 g/mol. The first-order valence-corrected chi connectivity index (χ1v) is 6.14. The Kier molecular flexibility index (Phi) is 6.29. The van der Waals surface area contributed by atoms with Crippen molar-refractivity contribution in [3.8, 4) is 0 Å². The van der Waals surface area contributed by atoms with Crippen LogP contribution in [0.15, 0.2) is 0 Å². The molecule has 1 nitrogen and oxygen atoms in total. The highest BCUT2D eigenvalue weighted by atomic mass is 35.5. The van der Waals surface area contributed by atoms with Crippen molar-refractivity contribution in [2.75, 3.05) is 13.1 Å². The Morgan fingerprint density at radius 1 is 1.27 bits per heavy atom. The minimum Gasteiger partial charge on any atom is -0.288 e. The van der Waals surface area contributed by atoms with Gasteiger partial charge in [0, 0.05) is 10.2 Å². The molecule has 0 aliphatic carbocycles. The summed E-state index contributed by atoms with van der Waals surface area (Å²) in [5.74, 6) is 0. The first-order chi connectivity index (χ1) is 5.17. The van der Waals surface area contributed by atoms with E-state index in [9.17, 15) is 0 Å². The van der Waals surface area contributed by atoms with Gasteiger partial charge in [-0.25, -0.2) is 0 Å². The van der Waals surface area contributed by atoms with Crippen molar-refractivity contribution in [2.24, 2.45) is 0 Å². The van der Waals surface area contributed by atoms with Crippen molar-refractivity contribution in [1.29, 1.82) is 0 Å². The molecule has 0 N–H and O–H groups in total. The second kappa shape index (κ2) is 6.04. The molecule has 0 bridgehead atoms. The zero-order valence-corrected chi connectivity index (χ0v) is 10.9. The van der Waals surface area contributed by atoms with Crippen molar-refractivity contribution in [2.45, 2.75) is 38.2 Å². The van der Waals surface area contributed by atoms with Crippen LogP contribution in [0.2, 0.25) is 5.54 Å². The molecule has 0 heterocycles. The first-order valence-electron chi connectivity index (χ1n) is 4.55. The molecule has 3 heteroatoms. The standard InChI is InChI=1S/C8H20ClNSi/c1-4-7(11)8(9)10(5-2)6-3/h7-8H,4-6H2,1-3,11H3. The largest absolute Gasteiger partial charge is 0.288 e. The average Bonchev–Trinajstić information content (AvgIpc) is 2.05. The van der Waals surface area contributed by atoms with E-state index in [4.69, 9.17) is 11.6 Å². The van der Waals surface area contributed by atoms with E-state index < -0.39 is 0 Å². The molecule has 0 radical (unpaired) electrons. The van der Waals surface area contributed by atoms with Crippen molar-refractivity contribution in [1.82, 2.24) is 4.90 Å². The molecule has 68 valence electrons. The van der Waals surface area contributed by atoms with Crippen LogP contribution in [-0.4, -0.2) is 33.7 Å². The van der Waals surface area contributed by atoms with Crippen LogP contribution in [-0.2, 0) is 0 Å². The van der Waals surface area contributed by atoms with Gasteiger partial charge in [0.15, 0.2) is 0 Å². The number of nitrogens with zero attached hydrogens (tertiary/aromatic N) is 1. The molecule has 2 unspecified atom stereocenters. The maximum Gasteiger partial charge on any atom is 0.0846 e. The number of hydrogen-bond donors (Lipinski definition) is 0. The molecule has 0 saturated carbocycles. The Bertz CT molecular complexity index is 96.1. The summed E-state index contributed by atoms with van der Waals surface area (Å²) in [6.07, 6.45) is 1.22. The maximum atomic E-state index is 6.26. The third kappa shape index (κ3) is 3.59. The number of alkyl halides is 1. The number of rotatable bonds is 5. The van der Waals surface area contributed by atoms with Crippen molar-refractivity contribution >= 4 is 21.8 Å². The van der Waals surface area contributed by atoms with E-state index in [0.29, 0.717) is 0 Å². The summed E-state index contributed by atoms with van der Waals surface area (Å²) in [5.41, 5.74) is 1.01. The Balaban J connectivity index is 3.86. The maximum absolute atomic E-state index is 6.26. The zero-order valence-electron chi connectivity index (χ0n) is 8.10. The van der Waals surface area contributed by atoms with Crippen molar-refractivity contribution in [3.05, 3.63) is 0 Å². The molecule has 0 aromatic heterocycles. The lowest BCUT2D eigenvalue weighted by Crippen LogP contribution is -2.34. The molecule has 0 rings (SSSR count). The molecular weight excluding hydrogens is 174 g/mol. The predicted octanol–water partition coefficient (Wildman–Crippen LogP) is 1.46. The zero-order chi connectivity index (χ0) is 8.85. The van der Waals surface area contributed by atoms with E-state index in [-0.39, 0.29) is 5.50 Å². The summed E-state index contributed by atoms with van der Waals surface area (Å²) >= 11 is 6.26. The third-order valence-corrected chi connectivity index (χ3v) is 4.85. The second-order valence-electron chi connectivity index (χ2n) is 2.98. The fraction of sp³-hybridized carbons (Fsp3) is 1.00. The lowest BCUT2D eigenvalue weighted by molar-refractivity contribution is 0.268. The van der Waals surface area contributed by atoms with E-state index in [0.717, 1.165) is 18.6 Å². The molecule has 0 aromatic rings. The molecule has 0 aliphatic heterocycles. The highest BCUT2D eigenvalue weighted by Gasteiger charge is 2.17. The molecule has 2 atom stereocenters. The number of halogens is 1. The highest BCUT2D eigenvalue weighted by Crippen LogP contribution is 2.20. The van der Waals surface area contributed by atoms with Gasteiger partial charge in [-0.3, -0.25) is 4.90 Å². The van der Waals surface area contributed by atoms with Gasteiger partial charge in [0.1, 0.15) is 0 Å². The van der Waals surface area contributed by atoms with Gasteiger partial charge in [-0.05, 0) is 18.6 Å².